The summed E-state index contributed by atoms with van der Waals surface area (Å²) in [4.78, 5) is 10.9. The number of benzene rings is 1. The third kappa shape index (κ3) is 3.17. The second-order valence-corrected chi connectivity index (χ2v) is 2.75. The minimum atomic E-state index is -0.756. The highest BCUT2D eigenvalue weighted by atomic mass is 19.1. The minimum Gasteiger partial charge on any atom is -0.481 e. The predicted molar refractivity (Wildman–Crippen MR) is 56.8 cm³/mol. The Morgan fingerprint density at radius 2 is 2.38 bits per heavy atom. The van der Waals surface area contributed by atoms with Crippen molar-refractivity contribution in [2.75, 3.05) is 19.0 Å². The quantitative estimate of drug-likeness (QED) is 0.797. The van der Waals surface area contributed by atoms with E-state index in [0.29, 0.717) is 5.75 Å². The van der Waals surface area contributed by atoms with Gasteiger partial charge in [0, 0.05) is 6.07 Å². The number of terminal acetylenes is 1. The monoisotopic (exact) mass is 223 g/mol. The first kappa shape index (κ1) is 11.9. The molecule has 0 spiro atoms. The zero-order chi connectivity index (χ0) is 12.0. The van der Waals surface area contributed by atoms with Gasteiger partial charge in [-0.3, -0.25) is 5.32 Å². The Hall–Kier alpha value is -2.22. The van der Waals surface area contributed by atoms with Crippen LogP contribution in [-0.4, -0.2) is 19.8 Å². The highest BCUT2D eigenvalue weighted by molar-refractivity contribution is 5.84. The molecule has 0 saturated heterocycles. The molecule has 0 aliphatic carbocycles. The maximum Gasteiger partial charge on any atom is 0.411 e. The number of hydrogen-bond donors (Lipinski definition) is 1. The number of hydrogen-bond acceptors (Lipinski definition) is 3. The Morgan fingerprint density at radius 1 is 1.62 bits per heavy atom. The molecule has 84 valence electrons. The van der Waals surface area contributed by atoms with Gasteiger partial charge in [-0.15, -0.1) is 6.42 Å². The van der Waals surface area contributed by atoms with Crippen molar-refractivity contribution in [1.82, 2.24) is 0 Å². The van der Waals surface area contributed by atoms with E-state index < -0.39 is 11.9 Å². The first-order valence-electron chi connectivity index (χ1n) is 4.38. The van der Waals surface area contributed by atoms with Crippen LogP contribution < -0.4 is 10.1 Å². The Kier molecular flexibility index (Phi) is 4.16. The number of carbonyl (C=O) groups excluding carboxylic acids is 1. The number of anilines is 1. The van der Waals surface area contributed by atoms with Gasteiger partial charge in [-0.05, 0) is 12.1 Å². The molecule has 0 unspecified atom stereocenters. The maximum absolute atomic E-state index is 13.2. The molecule has 4 nitrogen and oxygen atoms in total. The van der Waals surface area contributed by atoms with E-state index in [-0.39, 0.29) is 12.3 Å². The summed E-state index contributed by atoms with van der Waals surface area (Å²) in [5.74, 6) is 2.06. The number of nitrogens with one attached hydrogen (secondary N) is 1. The lowest BCUT2D eigenvalue weighted by Crippen LogP contribution is -2.12. The van der Waals surface area contributed by atoms with Crippen molar-refractivity contribution in [2.24, 2.45) is 0 Å². The molecule has 0 fully saturated rings. The Labute approximate surface area is 92.4 Å². The molecule has 1 aromatic rings. The third-order valence-corrected chi connectivity index (χ3v) is 1.68. The van der Waals surface area contributed by atoms with E-state index in [0.717, 1.165) is 6.07 Å². The first-order chi connectivity index (χ1) is 7.67. The van der Waals surface area contributed by atoms with Crippen LogP contribution in [-0.2, 0) is 4.74 Å². The fourth-order valence-electron chi connectivity index (χ4n) is 0.976. The van der Waals surface area contributed by atoms with E-state index in [1.165, 1.54) is 19.2 Å². The van der Waals surface area contributed by atoms with E-state index in [4.69, 9.17) is 11.2 Å². The second-order valence-electron chi connectivity index (χ2n) is 2.75. The van der Waals surface area contributed by atoms with Crippen molar-refractivity contribution in [3.8, 4) is 18.1 Å². The number of carbonyl (C=O) groups is 1. The number of amides is 1. The van der Waals surface area contributed by atoms with Gasteiger partial charge < -0.3 is 9.47 Å². The third-order valence-electron chi connectivity index (χ3n) is 1.68. The molecule has 0 aromatic heterocycles. The zero-order valence-electron chi connectivity index (χ0n) is 8.62. The van der Waals surface area contributed by atoms with Crippen LogP contribution >= 0.6 is 0 Å². The van der Waals surface area contributed by atoms with Gasteiger partial charge >= 0.3 is 6.09 Å². The molecule has 16 heavy (non-hydrogen) atoms. The van der Waals surface area contributed by atoms with Gasteiger partial charge in [-0.2, -0.15) is 0 Å². The van der Waals surface area contributed by atoms with Crippen molar-refractivity contribution in [1.29, 1.82) is 0 Å². The van der Waals surface area contributed by atoms with Crippen LogP contribution in [0, 0.1) is 18.2 Å². The summed E-state index contributed by atoms with van der Waals surface area (Å²) in [6.45, 7) is 0.0727. The summed E-state index contributed by atoms with van der Waals surface area (Å²) < 4.78 is 22.6. The van der Waals surface area contributed by atoms with Crippen LogP contribution in [0.3, 0.4) is 0 Å². The lowest BCUT2D eigenvalue weighted by molar-refractivity contribution is 0.187. The van der Waals surface area contributed by atoms with Gasteiger partial charge in [0.05, 0.1) is 12.8 Å². The molecule has 0 bridgehead atoms. The standard InChI is InChI=1S/C11H10FNO3/c1-3-6-16-8-4-5-9(12)10(7-8)13-11(14)15-2/h1,4-5,7H,6H2,2H3,(H,13,14). The van der Waals surface area contributed by atoms with Crippen molar-refractivity contribution >= 4 is 11.8 Å². The fourth-order valence-corrected chi connectivity index (χ4v) is 0.976. The van der Waals surface area contributed by atoms with Crippen molar-refractivity contribution < 1.29 is 18.7 Å². The lowest BCUT2D eigenvalue weighted by atomic mass is 10.3. The average Bonchev–Trinajstić information content (AvgIpc) is 2.30. The molecule has 5 heteroatoms. The van der Waals surface area contributed by atoms with Gasteiger partial charge in [0.1, 0.15) is 18.2 Å². The van der Waals surface area contributed by atoms with Crippen LogP contribution in [0.1, 0.15) is 0 Å². The van der Waals surface area contributed by atoms with Gasteiger partial charge in [0.15, 0.2) is 0 Å². The van der Waals surface area contributed by atoms with Crippen LogP contribution in [0.25, 0.3) is 0 Å². The molecule has 0 aliphatic heterocycles. The topological polar surface area (TPSA) is 47.6 Å². The predicted octanol–water partition coefficient (Wildman–Crippen LogP) is 2.02. The summed E-state index contributed by atoms with van der Waals surface area (Å²) in [6, 6.07) is 3.90. The van der Waals surface area contributed by atoms with Crippen LogP contribution in [0.15, 0.2) is 18.2 Å². The molecular weight excluding hydrogens is 213 g/mol. The molecule has 1 N–H and O–H groups in total. The average molecular weight is 223 g/mol. The summed E-state index contributed by atoms with van der Waals surface area (Å²) in [5, 5.41) is 2.21. The number of ether oxygens (including phenoxy) is 2. The smallest absolute Gasteiger partial charge is 0.411 e. The molecule has 1 rings (SSSR count). The normalized spacial score (nSPS) is 9.06. The highest BCUT2D eigenvalue weighted by Crippen LogP contribution is 2.21. The highest BCUT2D eigenvalue weighted by Gasteiger charge is 2.07. The number of rotatable bonds is 3. The van der Waals surface area contributed by atoms with E-state index in [1.54, 1.807) is 0 Å². The van der Waals surface area contributed by atoms with Gasteiger partial charge in [-0.25, -0.2) is 9.18 Å². The van der Waals surface area contributed by atoms with Crippen LogP contribution in [0.5, 0.6) is 5.75 Å². The Bertz CT molecular complexity index is 426. The van der Waals surface area contributed by atoms with Crippen molar-refractivity contribution in [3.05, 3.63) is 24.0 Å². The minimum absolute atomic E-state index is 0.0265. The van der Waals surface area contributed by atoms with Crippen LogP contribution in [0.2, 0.25) is 0 Å². The lowest BCUT2D eigenvalue weighted by Gasteiger charge is -2.07. The number of methoxy groups -OCH3 is 1. The van der Waals surface area contributed by atoms with E-state index in [2.05, 4.69) is 16.0 Å². The van der Waals surface area contributed by atoms with E-state index in [9.17, 15) is 9.18 Å². The first-order valence-corrected chi connectivity index (χ1v) is 4.38. The molecule has 0 heterocycles. The van der Waals surface area contributed by atoms with Gasteiger partial charge in [-0.1, -0.05) is 5.92 Å². The second kappa shape index (κ2) is 5.61. The molecular formula is C11H10FNO3. The molecule has 1 amide bonds. The maximum atomic E-state index is 13.2. The summed E-state index contributed by atoms with van der Waals surface area (Å²) in [6.07, 6.45) is 4.25. The molecule has 1 aromatic carbocycles. The largest absolute Gasteiger partial charge is 0.481 e. The van der Waals surface area contributed by atoms with Crippen LogP contribution in [0.4, 0.5) is 14.9 Å². The van der Waals surface area contributed by atoms with E-state index >= 15 is 0 Å². The Morgan fingerprint density at radius 3 is 3.00 bits per heavy atom. The molecule has 0 saturated carbocycles. The zero-order valence-corrected chi connectivity index (χ0v) is 8.62. The van der Waals surface area contributed by atoms with Gasteiger partial charge in [0.25, 0.3) is 0 Å². The van der Waals surface area contributed by atoms with Crippen molar-refractivity contribution in [2.45, 2.75) is 0 Å². The number of halogens is 1. The molecule has 0 aliphatic rings. The van der Waals surface area contributed by atoms with Crippen molar-refractivity contribution in [3.63, 3.8) is 0 Å². The molecule has 0 radical (unpaired) electrons. The summed E-state index contributed by atoms with van der Waals surface area (Å²) in [5.41, 5.74) is -0.0265. The van der Waals surface area contributed by atoms with Gasteiger partial charge in [0.2, 0.25) is 0 Å². The molecule has 0 atom stereocenters. The fraction of sp³-hybridized carbons (Fsp3) is 0.182. The summed E-state index contributed by atoms with van der Waals surface area (Å²) in [7, 11) is 1.19. The Balaban J connectivity index is 2.82. The summed E-state index contributed by atoms with van der Waals surface area (Å²) >= 11 is 0. The van der Waals surface area contributed by atoms with E-state index in [1.807, 2.05) is 0 Å². The SMILES string of the molecule is C#CCOc1ccc(F)c(NC(=O)OC)c1.